The molecule has 2 aromatic rings. The molecule has 3 rings (SSSR count). The molecule has 3 nitrogen and oxygen atoms in total. The molecule has 0 radical (unpaired) electrons. The fourth-order valence-electron chi connectivity index (χ4n) is 3.44. The molecule has 4 heteroatoms. The molecule has 120 valence electrons. The molecule has 1 unspecified atom stereocenters. The van der Waals surface area contributed by atoms with Crippen LogP contribution < -0.4 is 0 Å². The van der Waals surface area contributed by atoms with E-state index < -0.39 is 0 Å². The van der Waals surface area contributed by atoms with E-state index in [4.69, 9.17) is 0 Å². The van der Waals surface area contributed by atoms with Gasteiger partial charge in [-0.1, -0.05) is 6.42 Å². The Kier molecular flexibility index (Phi) is 5.68. The van der Waals surface area contributed by atoms with Crippen LogP contribution in [0.25, 0.3) is 0 Å². The number of hydrogen-bond acceptors (Lipinski definition) is 3. The van der Waals surface area contributed by atoms with Gasteiger partial charge in [0.1, 0.15) is 0 Å². The molecule has 1 atom stereocenters. The molecule has 0 bridgehead atoms. The summed E-state index contributed by atoms with van der Waals surface area (Å²) < 4.78 is 2.21. The van der Waals surface area contributed by atoms with E-state index in [2.05, 4.69) is 39.0 Å². The largest absolute Gasteiger partial charge is 0.337 e. The number of rotatable bonds is 7. The first-order valence-corrected chi connectivity index (χ1v) is 9.43. The molecule has 1 fully saturated rings. The highest BCUT2D eigenvalue weighted by atomic mass is 32.1. The van der Waals surface area contributed by atoms with E-state index >= 15 is 0 Å². The molecular formula is C18H27N3S. The minimum absolute atomic E-state index is 0.713. The Hall–Kier alpha value is -1.13. The van der Waals surface area contributed by atoms with E-state index in [1.165, 1.54) is 57.2 Å². The normalized spacial score (nSPS) is 17.7. The summed E-state index contributed by atoms with van der Waals surface area (Å²) in [6.45, 7) is 5.86. The van der Waals surface area contributed by atoms with Crippen LogP contribution in [0.4, 0.5) is 0 Å². The first-order chi connectivity index (χ1) is 10.8. The van der Waals surface area contributed by atoms with Gasteiger partial charge in [-0.2, -0.15) is 0 Å². The van der Waals surface area contributed by atoms with Crippen molar-refractivity contribution in [1.82, 2.24) is 14.5 Å². The third kappa shape index (κ3) is 4.43. The van der Waals surface area contributed by atoms with E-state index in [-0.39, 0.29) is 0 Å². The van der Waals surface area contributed by atoms with Crippen molar-refractivity contribution >= 4 is 11.3 Å². The fraction of sp³-hybridized carbons (Fsp3) is 0.611. The maximum Gasteiger partial charge on any atom is 0.0945 e. The van der Waals surface area contributed by atoms with Gasteiger partial charge >= 0.3 is 0 Å². The van der Waals surface area contributed by atoms with Crippen molar-refractivity contribution in [3.8, 4) is 0 Å². The van der Waals surface area contributed by atoms with E-state index in [1.807, 2.05) is 23.9 Å². The summed E-state index contributed by atoms with van der Waals surface area (Å²) in [6.07, 6.45) is 13.8. The van der Waals surface area contributed by atoms with Gasteiger partial charge in [0.05, 0.1) is 6.33 Å². The number of imidazole rings is 1. The quantitative estimate of drug-likeness (QED) is 0.765. The molecule has 0 amide bonds. The monoisotopic (exact) mass is 317 g/mol. The minimum Gasteiger partial charge on any atom is -0.337 e. The molecule has 1 saturated heterocycles. The Morgan fingerprint density at radius 2 is 2.09 bits per heavy atom. The third-order valence-electron chi connectivity index (χ3n) is 4.70. The van der Waals surface area contributed by atoms with E-state index in [0.717, 1.165) is 6.54 Å². The Bertz CT molecular complexity index is 540. The topological polar surface area (TPSA) is 21.1 Å². The predicted octanol–water partition coefficient (Wildman–Crippen LogP) is 4.13. The lowest BCUT2D eigenvalue weighted by atomic mass is 10.0. The number of aryl methyl sites for hydroxylation is 3. The maximum atomic E-state index is 4.16. The van der Waals surface area contributed by atoms with Crippen LogP contribution in [0.3, 0.4) is 0 Å². The van der Waals surface area contributed by atoms with Crippen LogP contribution in [-0.4, -0.2) is 33.6 Å². The van der Waals surface area contributed by atoms with Gasteiger partial charge in [-0.15, -0.1) is 11.3 Å². The van der Waals surface area contributed by atoms with E-state index in [0.29, 0.717) is 6.04 Å². The zero-order valence-corrected chi connectivity index (χ0v) is 14.4. The van der Waals surface area contributed by atoms with Gasteiger partial charge in [-0.25, -0.2) is 4.98 Å². The van der Waals surface area contributed by atoms with Crippen LogP contribution in [0.5, 0.6) is 0 Å². The lowest BCUT2D eigenvalue weighted by molar-refractivity contribution is 0.144. The predicted molar refractivity (Wildman–Crippen MR) is 93.4 cm³/mol. The molecular weight excluding hydrogens is 290 g/mol. The lowest BCUT2D eigenvalue weighted by Gasteiger charge is -2.34. The van der Waals surface area contributed by atoms with Crippen molar-refractivity contribution in [2.45, 2.75) is 58.0 Å². The molecule has 1 aliphatic heterocycles. The molecule has 2 aromatic heterocycles. The number of nitrogens with zero attached hydrogens (tertiary/aromatic N) is 3. The molecule has 0 N–H and O–H groups in total. The summed E-state index contributed by atoms with van der Waals surface area (Å²) in [4.78, 5) is 8.44. The van der Waals surface area contributed by atoms with Crippen LogP contribution in [0.2, 0.25) is 0 Å². The Morgan fingerprint density at radius 3 is 2.77 bits per heavy atom. The van der Waals surface area contributed by atoms with Crippen LogP contribution >= 0.6 is 11.3 Å². The zero-order chi connectivity index (χ0) is 15.2. The average molecular weight is 318 g/mol. The van der Waals surface area contributed by atoms with Gasteiger partial charge in [-0.3, -0.25) is 0 Å². The van der Waals surface area contributed by atoms with Gasteiger partial charge < -0.3 is 9.47 Å². The standard InChI is InChI=1S/C18H27N3S/c1-16-13-18(22-14-16)6-5-17(21-9-3-2-4-10-21)7-11-20-12-8-19-15-20/h8,12-15,17H,2-7,9-11H2,1H3. The van der Waals surface area contributed by atoms with Crippen LogP contribution in [0.15, 0.2) is 30.2 Å². The summed E-state index contributed by atoms with van der Waals surface area (Å²) >= 11 is 1.92. The zero-order valence-electron chi connectivity index (χ0n) is 13.6. The summed E-state index contributed by atoms with van der Waals surface area (Å²) in [5, 5.41) is 2.27. The van der Waals surface area contributed by atoms with Crippen molar-refractivity contribution in [2.75, 3.05) is 13.1 Å². The molecule has 22 heavy (non-hydrogen) atoms. The Labute approximate surface area is 138 Å². The van der Waals surface area contributed by atoms with E-state index in [9.17, 15) is 0 Å². The highest BCUT2D eigenvalue weighted by molar-refractivity contribution is 7.10. The van der Waals surface area contributed by atoms with E-state index in [1.54, 1.807) is 4.88 Å². The third-order valence-corrected chi connectivity index (χ3v) is 5.81. The van der Waals surface area contributed by atoms with Crippen molar-refractivity contribution in [3.05, 3.63) is 40.6 Å². The summed E-state index contributed by atoms with van der Waals surface area (Å²) in [7, 11) is 0. The van der Waals surface area contributed by atoms with Crippen LogP contribution in [0.1, 0.15) is 42.5 Å². The smallest absolute Gasteiger partial charge is 0.0945 e. The number of thiophene rings is 1. The number of likely N-dealkylation sites (tertiary alicyclic amines) is 1. The molecule has 0 aromatic carbocycles. The fourth-order valence-corrected chi connectivity index (χ4v) is 4.34. The Balaban J connectivity index is 1.57. The van der Waals surface area contributed by atoms with Crippen molar-refractivity contribution in [3.63, 3.8) is 0 Å². The molecule has 0 aliphatic carbocycles. The second kappa shape index (κ2) is 7.93. The first-order valence-electron chi connectivity index (χ1n) is 8.55. The van der Waals surface area contributed by atoms with Crippen molar-refractivity contribution < 1.29 is 0 Å². The first kappa shape index (κ1) is 15.8. The maximum absolute atomic E-state index is 4.16. The minimum atomic E-state index is 0.713. The summed E-state index contributed by atoms with van der Waals surface area (Å²) in [6, 6.07) is 3.07. The Morgan fingerprint density at radius 1 is 1.23 bits per heavy atom. The van der Waals surface area contributed by atoms with Crippen molar-refractivity contribution in [1.29, 1.82) is 0 Å². The van der Waals surface area contributed by atoms with Crippen LogP contribution in [0, 0.1) is 6.92 Å². The summed E-state index contributed by atoms with van der Waals surface area (Å²) in [5.41, 5.74) is 1.41. The average Bonchev–Trinajstić information content (AvgIpc) is 3.20. The van der Waals surface area contributed by atoms with Gasteiger partial charge in [0, 0.05) is 29.9 Å². The van der Waals surface area contributed by atoms with Gasteiger partial charge in [0.2, 0.25) is 0 Å². The highest BCUT2D eigenvalue weighted by Gasteiger charge is 2.20. The molecule has 0 saturated carbocycles. The number of piperidine rings is 1. The lowest BCUT2D eigenvalue weighted by Crippen LogP contribution is -2.40. The molecule has 3 heterocycles. The molecule has 1 aliphatic rings. The SMILES string of the molecule is Cc1csc(CCC(CCn2ccnc2)N2CCCCC2)c1. The van der Waals surface area contributed by atoms with Crippen molar-refractivity contribution in [2.24, 2.45) is 0 Å². The second-order valence-electron chi connectivity index (χ2n) is 6.47. The van der Waals surface area contributed by atoms with Gasteiger partial charge in [-0.05, 0) is 69.1 Å². The molecule has 0 spiro atoms. The van der Waals surface area contributed by atoms with Gasteiger partial charge in [0.25, 0.3) is 0 Å². The summed E-state index contributed by atoms with van der Waals surface area (Å²) in [5.74, 6) is 0. The second-order valence-corrected chi connectivity index (χ2v) is 7.46. The van der Waals surface area contributed by atoms with Gasteiger partial charge in [0.15, 0.2) is 0 Å². The highest BCUT2D eigenvalue weighted by Crippen LogP contribution is 2.22. The number of hydrogen-bond donors (Lipinski definition) is 0. The number of aromatic nitrogens is 2. The van der Waals surface area contributed by atoms with Crippen LogP contribution in [-0.2, 0) is 13.0 Å².